The average molecular weight is 279 g/mol. The number of hydrogen-bond acceptors (Lipinski definition) is 2. The van der Waals surface area contributed by atoms with Crippen molar-refractivity contribution < 1.29 is 14.2 Å². The molecular formula is C15H12ClFO2. The molecule has 2 aromatic carbocycles. The molecule has 1 unspecified atom stereocenters. The summed E-state index contributed by atoms with van der Waals surface area (Å²) >= 11 is 5.72. The molecule has 0 saturated heterocycles. The van der Waals surface area contributed by atoms with Crippen LogP contribution in [0.4, 0.5) is 4.39 Å². The summed E-state index contributed by atoms with van der Waals surface area (Å²) in [5.74, 6) is 0.153. The van der Waals surface area contributed by atoms with Crippen LogP contribution in [-0.4, -0.2) is 11.7 Å². The van der Waals surface area contributed by atoms with E-state index in [1.54, 1.807) is 12.1 Å². The summed E-state index contributed by atoms with van der Waals surface area (Å²) in [4.78, 5) is 0. The van der Waals surface area contributed by atoms with Crippen molar-refractivity contribution in [3.05, 3.63) is 63.9 Å². The molecule has 0 aromatic heterocycles. The van der Waals surface area contributed by atoms with E-state index in [1.165, 1.54) is 12.1 Å². The second-order valence-electron chi connectivity index (χ2n) is 4.50. The molecule has 3 rings (SSSR count). The Morgan fingerprint density at radius 3 is 2.84 bits per heavy atom. The number of halogens is 2. The van der Waals surface area contributed by atoms with Gasteiger partial charge in [0, 0.05) is 22.6 Å². The van der Waals surface area contributed by atoms with E-state index in [-0.39, 0.29) is 5.56 Å². The van der Waals surface area contributed by atoms with Gasteiger partial charge in [0.15, 0.2) is 0 Å². The second-order valence-corrected chi connectivity index (χ2v) is 4.94. The van der Waals surface area contributed by atoms with Gasteiger partial charge < -0.3 is 9.84 Å². The van der Waals surface area contributed by atoms with Crippen LogP contribution in [0.25, 0.3) is 0 Å². The summed E-state index contributed by atoms with van der Waals surface area (Å²) in [6.45, 7) is 0.599. The third-order valence-corrected chi connectivity index (χ3v) is 3.53. The molecule has 2 nitrogen and oxygen atoms in total. The van der Waals surface area contributed by atoms with E-state index >= 15 is 0 Å². The number of rotatable bonds is 2. The first-order chi connectivity index (χ1) is 9.16. The van der Waals surface area contributed by atoms with Crippen LogP contribution in [0.3, 0.4) is 0 Å². The summed E-state index contributed by atoms with van der Waals surface area (Å²) in [7, 11) is 0. The van der Waals surface area contributed by atoms with Crippen molar-refractivity contribution >= 4 is 11.6 Å². The monoisotopic (exact) mass is 278 g/mol. The Hall–Kier alpha value is -1.58. The molecule has 1 heterocycles. The van der Waals surface area contributed by atoms with Gasteiger partial charge in [0.1, 0.15) is 17.7 Å². The topological polar surface area (TPSA) is 29.5 Å². The highest BCUT2D eigenvalue weighted by Crippen LogP contribution is 2.37. The Kier molecular flexibility index (Phi) is 3.17. The highest BCUT2D eigenvalue weighted by Gasteiger charge is 2.23. The minimum absolute atomic E-state index is 0.202. The van der Waals surface area contributed by atoms with Gasteiger partial charge in [-0.2, -0.15) is 0 Å². The maximum atomic E-state index is 13.9. The van der Waals surface area contributed by atoms with Gasteiger partial charge in [0.2, 0.25) is 0 Å². The minimum Gasteiger partial charge on any atom is -0.493 e. The van der Waals surface area contributed by atoms with Crippen LogP contribution in [0.5, 0.6) is 5.75 Å². The third kappa shape index (κ3) is 2.20. The van der Waals surface area contributed by atoms with E-state index in [4.69, 9.17) is 16.3 Å². The lowest BCUT2D eigenvalue weighted by atomic mass is 9.98. The first kappa shape index (κ1) is 12.5. The Bertz CT molecular complexity index is 628. The van der Waals surface area contributed by atoms with Gasteiger partial charge in [-0.1, -0.05) is 35.9 Å². The summed E-state index contributed by atoms with van der Waals surface area (Å²) in [6.07, 6.45) is -0.232. The molecule has 0 amide bonds. The molecular weight excluding hydrogens is 267 g/mol. The first-order valence-electron chi connectivity index (χ1n) is 6.04. The van der Waals surface area contributed by atoms with Gasteiger partial charge in [0.05, 0.1) is 6.61 Å². The van der Waals surface area contributed by atoms with E-state index in [1.807, 2.05) is 12.1 Å². The molecule has 98 valence electrons. The van der Waals surface area contributed by atoms with Crippen LogP contribution < -0.4 is 4.74 Å². The van der Waals surface area contributed by atoms with Crippen LogP contribution >= 0.6 is 11.6 Å². The highest BCUT2D eigenvalue weighted by molar-refractivity contribution is 6.30. The highest BCUT2D eigenvalue weighted by atomic mass is 35.5. The van der Waals surface area contributed by atoms with Crippen LogP contribution in [0, 0.1) is 5.82 Å². The first-order valence-corrected chi connectivity index (χ1v) is 6.42. The molecule has 0 saturated carbocycles. The Morgan fingerprint density at radius 1 is 1.21 bits per heavy atom. The molecule has 0 bridgehead atoms. The zero-order valence-corrected chi connectivity index (χ0v) is 10.8. The van der Waals surface area contributed by atoms with Gasteiger partial charge >= 0.3 is 0 Å². The van der Waals surface area contributed by atoms with Gasteiger partial charge in [-0.3, -0.25) is 0 Å². The van der Waals surface area contributed by atoms with Gasteiger partial charge in [-0.05, 0) is 17.7 Å². The van der Waals surface area contributed by atoms with E-state index < -0.39 is 11.9 Å². The normalized spacial score (nSPS) is 14.9. The predicted molar refractivity (Wildman–Crippen MR) is 71.1 cm³/mol. The van der Waals surface area contributed by atoms with Crippen LogP contribution in [0.2, 0.25) is 5.02 Å². The zero-order chi connectivity index (χ0) is 13.4. The van der Waals surface area contributed by atoms with Gasteiger partial charge in [0.25, 0.3) is 0 Å². The third-order valence-electron chi connectivity index (χ3n) is 3.30. The number of hydrogen-bond donors (Lipinski definition) is 1. The number of ether oxygens (including phenoxy) is 1. The molecule has 19 heavy (non-hydrogen) atoms. The van der Waals surface area contributed by atoms with Crippen molar-refractivity contribution in [2.45, 2.75) is 12.5 Å². The van der Waals surface area contributed by atoms with Crippen molar-refractivity contribution in [2.75, 3.05) is 6.61 Å². The summed E-state index contributed by atoms with van der Waals surface area (Å²) in [5.41, 5.74) is 1.84. The minimum atomic E-state index is -1.05. The molecule has 1 atom stereocenters. The summed E-state index contributed by atoms with van der Waals surface area (Å²) in [6, 6.07) is 9.81. The lowest BCUT2D eigenvalue weighted by Crippen LogP contribution is -2.04. The van der Waals surface area contributed by atoms with Crippen molar-refractivity contribution in [2.24, 2.45) is 0 Å². The molecule has 0 fully saturated rings. The molecule has 0 spiro atoms. The zero-order valence-electron chi connectivity index (χ0n) is 10.1. The number of fused-ring (bicyclic) bond motifs is 1. The molecule has 1 N–H and O–H groups in total. The van der Waals surface area contributed by atoms with Crippen molar-refractivity contribution in [1.82, 2.24) is 0 Å². The molecule has 2 aromatic rings. The fourth-order valence-corrected chi connectivity index (χ4v) is 2.51. The van der Waals surface area contributed by atoms with Crippen molar-refractivity contribution in [3.8, 4) is 5.75 Å². The van der Waals surface area contributed by atoms with Crippen LogP contribution in [0.15, 0.2) is 36.4 Å². The van der Waals surface area contributed by atoms with Gasteiger partial charge in [-0.25, -0.2) is 4.39 Å². The lowest BCUT2D eigenvalue weighted by Gasteiger charge is -2.15. The molecule has 1 aliphatic heterocycles. The van der Waals surface area contributed by atoms with Gasteiger partial charge in [-0.15, -0.1) is 0 Å². The Labute approximate surface area is 115 Å². The van der Waals surface area contributed by atoms with E-state index in [2.05, 4.69) is 0 Å². The summed E-state index contributed by atoms with van der Waals surface area (Å²) < 4.78 is 19.4. The molecule has 1 aliphatic rings. The van der Waals surface area contributed by atoms with E-state index in [9.17, 15) is 9.50 Å². The predicted octanol–water partition coefficient (Wildman–Crippen LogP) is 3.50. The lowest BCUT2D eigenvalue weighted by molar-refractivity contribution is 0.208. The molecule has 0 aliphatic carbocycles. The molecule has 4 heteroatoms. The standard InChI is InChI=1S/C15H12ClFO2/c16-10-4-5-11(13(17)8-10)14(18)12-3-1-2-9-6-7-19-15(9)12/h1-5,8,14,18H,6-7H2. The SMILES string of the molecule is OC(c1ccc(Cl)cc1F)c1cccc2c1OCC2. The number of aliphatic hydroxyl groups excluding tert-OH is 1. The van der Waals surface area contributed by atoms with E-state index in [0.29, 0.717) is 22.9 Å². The largest absolute Gasteiger partial charge is 0.493 e. The quantitative estimate of drug-likeness (QED) is 0.911. The fourth-order valence-electron chi connectivity index (χ4n) is 2.35. The fraction of sp³-hybridized carbons (Fsp3) is 0.200. The second kappa shape index (κ2) is 4.83. The van der Waals surface area contributed by atoms with Crippen molar-refractivity contribution in [1.29, 1.82) is 0 Å². The van der Waals surface area contributed by atoms with E-state index in [0.717, 1.165) is 12.0 Å². The van der Waals surface area contributed by atoms with Crippen LogP contribution in [-0.2, 0) is 6.42 Å². The molecule has 0 radical (unpaired) electrons. The van der Waals surface area contributed by atoms with Crippen molar-refractivity contribution in [3.63, 3.8) is 0 Å². The Morgan fingerprint density at radius 2 is 2.05 bits per heavy atom. The Balaban J connectivity index is 2.05. The smallest absolute Gasteiger partial charge is 0.130 e. The maximum Gasteiger partial charge on any atom is 0.130 e. The van der Waals surface area contributed by atoms with Crippen LogP contribution in [0.1, 0.15) is 22.8 Å². The number of para-hydroxylation sites is 1. The number of benzene rings is 2. The maximum absolute atomic E-state index is 13.9. The number of aliphatic hydroxyl groups is 1. The summed E-state index contributed by atoms with van der Waals surface area (Å²) in [5, 5.41) is 10.7. The average Bonchev–Trinajstić information content (AvgIpc) is 2.86.